The molecule has 1 aliphatic carbocycles. The van der Waals surface area contributed by atoms with E-state index in [1.807, 2.05) is 43.9 Å². The molecular formula is C40H43ClN8O5. The van der Waals surface area contributed by atoms with Crippen molar-refractivity contribution in [2.75, 3.05) is 13.2 Å². The van der Waals surface area contributed by atoms with Gasteiger partial charge in [0.25, 0.3) is 5.91 Å². The smallest absolute Gasteiger partial charge is 0.376 e. The predicted octanol–water partition coefficient (Wildman–Crippen LogP) is 6.47. The SMILES string of the molecule is Cc1cc(-n2nc3c(c2-n2cc[nH]c2=O)[C@H](C)N(C(=O)c2cc4cc([C@H]5CCOC(C)(C)C5)ccc4n2[C@@]2(c4noc(=O)[nH]4)C[C@@H]2C)CC3)cc(C)c1Cl. The quantitative estimate of drug-likeness (QED) is 0.198. The van der Waals surface area contributed by atoms with Crippen LogP contribution in [0.2, 0.25) is 5.02 Å². The van der Waals surface area contributed by atoms with Crippen molar-refractivity contribution in [1.82, 2.24) is 38.9 Å². The van der Waals surface area contributed by atoms with E-state index in [9.17, 15) is 9.59 Å². The highest BCUT2D eigenvalue weighted by atomic mass is 35.5. The van der Waals surface area contributed by atoms with Gasteiger partial charge in [0.1, 0.15) is 17.1 Å². The highest BCUT2D eigenvalue weighted by Crippen LogP contribution is 2.56. The fraction of sp³-hybridized carbons (Fsp3) is 0.425. The molecule has 14 heteroatoms. The summed E-state index contributed by atoms with van der Waals surface area (Å²) in [5, 5.41) is 10.8. The molecule has 1 amide bonds. The maximum absolute atomic E-state index is 15.2. The number of imidazole rings is 1. The second kappa shape index (κ2) is 12.2. The third-order valence-electron chi connectivity index (χ3n) is 12.0. The molecule has 6 heterocycles. The lowest BCUT2D eigenvalue weighted by Gasteiger charge is -2.35. The van der Waals surface area contributed by atoms with Gasteiger partial charge in [-0.1, -0.05) is 29.7 Å². The molecule has 2 fully saturated rings. The van der Waals surface area contributed by atoms with Gasteiger partial charge in [-0.3, -0.25) is 18.9 Å². The summed E-state index contributed by atoms with van der Waals surface area (Å²) in [6.07, 6.45) is 6.26. The van der Waals surface area contributed by atoms with Crippen molar-refractivity contribution in [3.05, 3.63) is 114 Å². The number of carbonyl (C=O) groups is 1. The van der Waals surface area contributed by atoms with Crippen LogP contribution in [0, 0.1) is 19.8 Å². The van der Waals surface area contributed by atoms with Crippen molar-refractivity contribution in [2.24, 2.45) is 5.92 Å². The summed E-state index contributed by atoms with van der Waals surface area (Å²) in [7, 11) is 0. The summed E-state index contributed by atoms with van der Waals surface area (Å²) in [6, 6.07) is 11.9. The molecule has 2 N–H and O–H groups in total. The minimum atomic E-state index is -0.774. The first-order chi connectivity index (χ1) is 25.8. The second-order valence-corrected chi connectivity index (χ2v) is 16.4. The number of fused-ring (bicyclic) bond motifs is 2. The Morgan fingerprint density at radius 3 is 2.46 bits per heavy atom. The Balaban J connectivity index is 1.18. The number of rotatable bonds is 6. The molecule has 6 aromatic rings. The third-order valence-corrected chi connectivity index (χ3v) is 12.6. The number of hydrogen-bond acceptors (Lipinski definition) is 7. The average Bonchev–Trinajstić information content (AvgIpc) is 3.65. The van der Waals surface area contributed by atoms with Gasteiger partial charge in [0, 0.05) is 53.5 Å². The molecule has 4 atom stereocenters. The van der Waals surface area contributed by atoms with Crippen molar-refractivity contribution in [3.8, 4) is 11.5 Å². The number of nitrogens with one attached hydrogen (secondary N) is 2. The Morgan fingerprint density at radius 2 is 1.81 bits per heavy atom. The van der Waals surface area contributed by atoms with Crippen molar-refractivity contribution in [2.45, 2.75) is 90.3 Å². The lowest BCUT2D eigenvalue weighted by Crippen LogP contribution is -2.41. The maximum atomic E-state index is 15.2. The van der Waals surface area contributed by atoms with Gasteiger partial charge in [0.05, 0.1) is 23.0 Å². The fourth-order valence-corrected chi connectivity index (χ4v) is 9.30. The largest absolute Gasteiger partial charge is 0.438 e. The number of aryl methyl sites for hydroxylation is 2. The Labute approximate surface area is 315 Å². The first-order valence-electron chi connectivity index (χ1n) is 18.6. The van der Waals surface area contributed by atoms with Gasteiger partial charge in [0.2, 0.25) is 0 Å². The fourth-order valence-electron chi connectivity index (χ4n) is 9.19. The zero-order valence-electron chi connectivity index (χ0n) is 31.2. The summed E-state index contributed by atoms with van der Waals surface area (Å²) < 4.78 is 16.5. The Morgan fingerprint density at radius 1 is 1.06 bits per heavy atom. The topological polar surface area (TPSA) is 149 Å². The molecular weight excluding hydrogens is 708 g/mol. The van der Waals surface area contributed by atoms with Crippen molar-refractivity contribution < 1.29 is 14.1 Å². The molecule has 2 aliphatic heterocycles. The van der Waals surface area contributed by atoms with E-state index in [1.165, 1.54) is 5.56 Å². The lowest BCUT2D eigenvalue weighted by atomic mass is 9.83. The van der Waals surface area contributed by atoms with Crippen LogP contribution in [0.3, 0.4) is 0 Å². The van der Waals surface area contributed by atoms with E-state index in [2.05, 4.69) is 58.7 Å². The van der Waals surface area contributed by atoms with Crippen LogP contribution in [0.15, 0.2) is 62.9 Å². The van der Waals surface area contributed by atoms with Gasteiger partial charge in [0.15, 0.2) is 5.82 Å². The zero-order chi connectivity index (χ0) is 37.8. The number of aromatic amines is 2. The summed E-state index contributed by atoms with van der Waals surface area (Å²) in [4.78, 5) is 48.2. The van der Waals surface area contributed by atoms with Crippen molar-refractivity contribution in [3.63, 3.8) is 0 Å². The molecule has 54 heavy (non-hydrogen) atoms. The minimum absolute atomic E-state index is 0.0679. The molecule has 0 unspecified atom stereocenters. The van der Waals surface area contributed by atoms with E-state index in [1.54, 1.807) is 21.6 Å². The molecule has 1 saturated carbocycles. The van der Waals surface area contributed by atoms with Crippen molar-refractivity contribution in [1.29, 1.82) is 0 Å². The number of aromatic nitrogens is 7. The number of amides is 1. The number of halogens is 1. The minimum Gasteiger partial charge on any atom is -0.376 e. The summed E-state index contributed by atoms with van der Waals surface area (Å²) in [6.45, 7) is 13.3. The summed E-state index contributed by atoms with van der Waals surface area (Å²) in [5.74, 6) is 0.560. The number of H-pyrrole nitrogens is 2. The van der Waals surface area contributed by atoms with Crippen LogP contribution >= 0.6 is 11.6 Å². The molecule has 0 radical (unpaired) electrons. The standard InChI is InChI=1S/C40H43ClN8O5/c1-21-15-28(16-22(2)33(21)41)49-34(47-13-11-42-37(47)51)32-24(4)46(12-9-29(32)44-49)35(50)31-18-27-17-25(26-10-14-53-39(5,6)20-26)7-8-30(27)48(31)40(19-23(40)3)36-43-38(52)54-45-36/h7-8,11,13,15-18,23-24,26H,9-10,12,14,19-20H2,1-6H3,(H,42,51)(H,43,45,52)/t23-,24-,26-,40-/m0/s1. The van der Waals surface area contributed by atoms with Gasteiger partial charge in [-0.2, -0.15) is 5.10 Å². The highest BCUT2D eigenvalue weighted by Gasteiger charge is 2.59. The van der Waals surface area contributed by atoms with Gasteiger partial charge in [-0.25, -0.2) is 14.3 Å². The molecule has 4 aromatic heterocycles. The molecule has 280 valence electrons. The van der Waals surface area contributed by atoms with Gasteiger partial charge in [-0.05, 0) is 113 Å². The van der Waals surface area contributed by atoms with Crippen LogP contribution in [0.4, 0.5) is 0 Å². The van der Waals surface area contributed by atoms with Crippen molar-refractivity contribution >= 4 is 28.4 Å². The molecule has 0 spiro atoms. The molecule has 9 rings (SSSR count). The van der Waals surface area contributed by atoms with E-state index in [-0.39, 0.29) is 23.1 Å². The van der Waals surface area contributed by atoms with E-state index in [0.29, 0.717) is 54.3 Å². The van der Waals surface area contributed by atoms with Crippen LogP contribution in [-0.4, -0.2) is 63.6 Å². The summed E-state index contributed by atoms with van der Waals surface area (Å²) >= 11 is 6.56. The van der Waals surface area contributed by atoms with Crippen LogP contribution in [0.1, 0.15) is 103 Å². The zero-order valence-corrected chi connectivity index (χ0v) is 32.0. The van der Waals surface area contributed by atoms with Crippen LogP contribution in [-0.2, 0) is 16.7 Å². The Hall–Kier alpha value is -5.14. The van der Waals surface area contributed by atoms with Crippen LogP contribution < -0.4 is 11.4 Å². The predicted molar refractivity (Wildman–Crippen MR) is 203 cm³/mol. The Bertz CT molecular complexity index is 2580. The average molecular weight is 751 g/mol. The number of carbonyl (C=O) groups excluding carboxylic acids is 1. The van der Waals surface area contributed by atoms with Gasteiger partial charge >= 0.3 is 11.4 Å². The van der Waals surface area contributed by atoms with E-state index < -0.39 is 17.3 Å². The molecule has 1 saturated heterocycles. The monoisotopic (exact) mass is 750 g/mol. The molecule has 0 bridgehead atoms. The first-order valence-corrected chi connectivity index (χ1v) is 19.0. The molecule has 3 aliphatic rings. The number of nitrogens with zero attached hydrogens (tertiary/aromatic N) is 6. The summed E-state index contributed by atoms with van der Waals surface area (Å²) in [5.41, 5.74) is 5.45. The normalized spacial score (nSPS) is 23.5. The molecule has 13 nitrogen and oxygen atoms in total. The van der Waals surface area contributed by atoms with Crippen LogP contribution in [0.25, 0.3) is 22.4 Å². The maximum Gasteiger partial charge on any atom is 0.438 e. The molecule has 2 aromatic carbocycles. The van der Waals surface area contributed by atoms with E-state index in [0.717, 1.165) is 51.8 Å². The van der Waals surface area contributed by atoms with E-state index >= 15 is 4.79 Å². The first kappa shape index (κ1) is 34.6. The van der Waals surface area contributed by atoms with Gasteiger partial charge in [-0.15, -0.1) is 0 Å². The van der Waals surface area contributed by atoms with E-state index in [4.69, 9.17) is 26.0 Å². The number of ether oxygens (including phenoxy) is 1. The van der Waals surface area contributed by atoms with Crippen LogP contribution in [0.5, 0.6) is 0 Å². The second-order valence-electron chi connectivity index (χ2n) is 16.0. The Kier molecular flexibility index (Phi) is 7.81. The lowest BCUT2D eigenvalue weighted by molar-refractivity contribution is -0.0592. The van der Waals surface area contributed by atoms with Gasteiger partial charge < -0.3 is 19.2 Å². The third kappa shape index (κ3) is 5.26. The number of benzene rings is 2. The highest BCUT2D eigenvalue weighted by molar-refractivity contribution is 6.32. The number of hydrogen-bond donors (Lipinski definition) is 2.